The Kier molecular flexibility index (Phi) is 4.12. The lowest BCUT2D eigenvalue weighted by Crippen LogP contribution is -2.49. The third kappa shape index (κ3) is 3.26. The predicted molar refractivity (Wildman–Crippen MR) is 104 cm³/mol. The number of carbonyl (C=O) groups excluding carboxylic acids is 1. The Balaban J connectivity index is 1.36. The van der Waals surface area contributed by atoms with Gasteiger partial charge >= 0.3 is 5.91 Å². The molecule has 1 aliphatic rings. The van der Waals surface area contributed by atoms with Crippen LogP contribution in [-0.4, -0.2) is 66.8 Å². The van der Waals surface area contributed by atoms with Crippen molar-refractivity contribution in [3.63, 3.8) is 0 Å². The molecule has 5 rings (SSSR count). The Bertz CT molecular complexity index is 1140. The summed E-state index contributed by atoms with van der Waals surface area (Å²) in [7, 11) is 0. The molecule has 1 fully saturated rings. The first kappa shape index (κ1) is 17.2. The summed E-state index contributed by atoms with van der Waals surface area (Å²) in [5.41, 5.74) is 1.81. The molecule has 1 aliphatic heterocycles. The van der Waals surface area contributed by atoms with Gasteiger partial charge in [-0.3, -0.25) is 9.89 Å². The van der Waals surface area contributed by atoms with Crippen LogP contribution in [-0.2, 0) is 0 Å². The van der Waals surface area contributed by atoms with Gasteiger partial charge in [-0.25, -0.2) is 9.50 Å². The Labute approximate surface area is 165 Å². The molecule has 1 saturated heterocycles. The molecule has 2 N–H and O–H groups in total. The zero-order valence-corrected chi connectivity index (χ0v) is 15.7. The SMILES string of the molecule is Cc1cc(Nc2nc(N3CCN(C(=O)c4ncco4)CC3)nn3cccc23)n[nH]1. The lowest BCUT2D eigenvalue weighted by molar-refractivity contribution is 0.0706. The van der Waals surface area contributed by atoms with Crippen LogP contribution in [0, 0.1) is 6.92 Å². The van der Waals surface area contributed by atoms with E-state index >= 15 is 0 Å². The van der Waals surface area contributed by atoms with E-state index in [-0.39, 0.29) is 11.8 Å². The number of oxazole rings is 1. The van der Waals surface area contributed by atoms with Gasteiger partial charge in [-0.2, -0.15) is 10.1 Å². The number of rotatable bonds is 4. The number of hydrogen-bond donors (Lipinski definition) is 2. The number of aromatic amines is 1. The number of H-pyrrole nitrogens is 1. The molecule has 5 heterocycles. The molecule has 1 amide bonds. The normalized spacial score (nSPS) is 14.5. The second-order valence-electron chi connectivity index (χ2n) is 6.78. The van der Waals surface area contributed by atoms with E-state index in [9.17, 15) is 4.79 Å². The van der Waals surface area contributed by atoms with E-state index in [1.54, 1.807) is 9.42 Å². The monoisotopic (exact) mass is 393 g/mol. The molecule has 4 aromatic heterocycles. The number of hydrogen-bond acceptors (Lipinski definition) is 8. The van der Waals surface area contributed by atoms with Gasteiger partial charge in [0.15, 0.2) is 11.6 Å². The zero-order chi connectivity index (χ0) is 19.8. The fourth-order valence-electron chi connectivity index (χ4n) is 3.33. The van der Waals surface area contributed by atoms with E-state index in [2.05, 4.69) is 30.5 Å². The second kappa shape index (κ2) is 6.93. The number of fused-ring (bicyclic) bond motifs is 1. The molecule has 0 bridgehead atoms. The van der Waals surface area contributed by atoms with E-state index in [0.717, 1.165) is 11.2 Å². The fraction of sp³-hybridized carbons (Fsp3) is 0.278. The maximum Gasteiger partial charge on any atom is 0.309 e. The summed E-state index contributed by atoms with van der Waals surface area (Å²) in [6, 6.07) is 5.77. The van der Waals surface area contributed by atoms with Crippen LogP contribution < -0.4 is 10.2 Å². The van der Waals surface area contributed by atoms with Crippen LogP contribution in [0.5, 0.6) is 0 Å². The molecule has 0 saturated carbocycles. The third-order valence-electron chi connectivity index (χ3n) is 4.80. The van der Waals surface area contributed by atoms with Gasteiger partial charge in [0, 0.05) is 44.1 Å². The summed E-state index contributed by atoms with van der Waals surface area (Å²) >= 11 is 0. The van der Waals surface area contributed by atoms with Crippen molar-refractivity contribution in [1.82, 2.24) is 34.7 Å². The first-order chi connectivity index (χ1) is 14.2. The zero-order valence-electron chi connectivity index (χ0n) is 15.7. The van der Waals surface area contributed by atoms with Gasteiger partial charge in [0.05, 0.1) is 6.20 Å². The maximum atomic E-state index is 12.4. The highest BCUT2D eigenvalue weighted by Gasteiger charge is 2.26. The van der Waals surface area contributed by atoms with Crippen LogP contribution >= 0.6 is 0 Å². The lowest BCUT2D eigenvalue weighted by Gasteiger charge is -2.34. The van der Waals surface area contributed by atoms with Crippen LogP contribution in [0.25, 0.3) is 5.52 Å². The number of piperazine rings is 1. The molecular formula is C18H19N9O2. The summed E-state index contributed by atoms with van der Waals surface area (Å²) in [4.78, 5) is 24.8. The molecule has 4 aromatic rings. The van der Waals surface area contributed by atoms with Crippen LogP contribution in [0.2, 0.25) is 0 Å². The summed E-state index contributed by atoms with van der Waals surface area (Å²) in [6.45, 7) is 4.24. The van der Waals surface area contributed by atoms with Crippen molar-refractivity contribution in [2.45, 2.75) is 6.92 Å². The first-order valence-electron chi connectivity index (χ1n) is 9.25. The molecule has 29 heavy (non-hydrogen) atoms. The number of nitrogens with one attached hydrogen (secondary N) is 2. The van der Waals surface area contributed by atoms with Crippen molar-refractivity contribution in [3.05, 3.63) is 48.4 Å². The molecule has 148 valence electrons. The van der Waals surface area contributed by atoms with E-state index in [1.165, 1.54) is 12.5 Å². The third-order valence-corrected chi connectivity index (χ3v) is 4.80. The van der Waals surface area contributed by atoms with Crippen LogP contribution in [0.1, 0.15) is 16.4 Å². The summed E-state index contributed by atoms with van der Waals surface area (Å²) < 4.78 is 6.90. The predicted octanol–water partition coefficient (Wildman–Crippen LogP) is 1.45. The van der Waals surface area contributed by atoms with E-state index in [0.29, 0.717) is 43.8 Å². The standard InChI is InChI=1S/C18H19N9O2/c1-12-11-14(23-22-12)20-15-13-3-2-5-27(13)24-18(21-15)26-8-6-25(7-9-26)17(28)16-19-4-10-29-16/h2-5,10-11H,6-9H2,1H3,(H2,20,21,22,23,24). The van der Waals surface area contributed by atoms with Crippen molar-refractivity contribution in [3.8, 4) is 0 Å². The molecular weight excluding hydrogens is 374 g/mol. The van der Waals surface area contributed by atoms with Crippen molar-refractivity contribution in [2.75, 3.05) is 36.4 Å². The first-order valence-corrected chi connectivity index (χ1v) is 9.25. The van der Waals surface area contributed by atoms with E-state index < -0.39 is 0 Å². The van der Waals surface area contributed by atoms with Crippen molar-refractivity contribution in [2.24, 2.45) is 0 Å². The van der Waals surface area contributed by atoms with Gasteiger partial charge in [-0.15, -0.1) is 5.10 Å². The number of aromatic nitrogens is 6. The molecule has 0 spiro atoms. The molecule has 0 aliphatic carbocycles. The number of carbonyl (C=O) groups is 1. The molecule has 0 atom stereocenters. The molecule has 0 radical (unpaired) electrons. The van der Waals surface area contributed by atoms with Gasteiger partial charge in [0.1, 0.15) is 11.8 Å². The summed E-state index contributed by atoms with van der Waals surface area (Å²) in [5, 5.41) is 15.0. The highest BCUT2D eigenvalue weighted by Crippen LogP contribution is 2.22. The molecule has 0 unspecified atom stereocenters. The minimum atomic E-state index is -0.201. The number of aryl methyl sites for hydroxylation is 1. The van der Waals surface area contributed by atoms with Crippen LogP contribution in [0.15, 0.2) is 41.3 Å². The Morgan fingerprint density at radius 3 is 2.86 bits per heavy atom. The minimum Gasteiger partial charge on any atom is -0.441 e. The quantitative estimate of drug-likeness (QED) is 0.535. The molecule has 11 nitrogen and oxygen atoms in total. The average Bonchev–Trinajstić information content (AvgIpc) is 3.49. The summed E-state index contributed by atoms with van der Waals surface area (Å²) in [6.07, 6.45) is 4.75. The van der Waals surface area contributed by atoms with E-state index in [1.807, 2.05) is 31.3 Å². The topological polar surface area (TPSA) is 120 Å². The van der Waals surface area contributed by atoms with Gasteiger partial charge in [0.2, 0.25) is 5.95 Å². The van der Waals surface area contributed by atoms with E-state index in [4.69, 9.17) is 9.40 Å². The van der Waals surface area contributed by atoms with Crippen molar-refractivity contribution < 1.29 is 9.21 Å². The van der Waals surface area contributed by atoms with Crippen molar-refractivity contribution >= 4 is 29.0 Å². The largest absolute Gasteiger partial charge is 0.441 e. The van der Waals surface area contributed by atoms with Gasteiger partial charge < -0.3 is 19.5 Å². The number of nitrogens with zero attached hydrogens (tertiary/aromatic N) is 7. The maximum absolute atomic E-state index is 12.4. The minimum absolute atomic E-state index is 0.115. The molecule has 0 aromatic carbocycles. The smallest absolute Gasteiger partial charge is 0.309 e. The number of anilines is 3. The van der Waals surface area contributed by atoms with Crippen molar-refractivity contribution in [1.29, 1.82) is 0 Å². The Morgan fingerprint density at radius 2 is 2.14 bits per heavy atom. The van der Waals surface area contributed by atoms with Gasteiger partial charge in [-0.1, -0.05) is 0 Å². The van der Waals surface area contributed by atoms with Crippen LogP contribution in [0.3, 0.4) is 0 Å². The van der Waals surface area contributed by atoms with Gasteiger partial charge in [0.25, 0.3) is 5.89 Å². The Hall–Kier alpha value is -3.89. The highest BCUT2D eigenvalue weighted by atomic mass is 16.4. The molecule has 11 heteroatoms. The lowest BCUT2D eigenvalue weighted by atomic mass is 10.3. The highest BCUT2D eigenvalue weighted by molar-refractivity contribution is 5.89. The summed E-state index contributed by atoms with van der Waals surface area (Å²) in [5.74, 6) is 1.87. The fourth-order valence-corrected chi connectivity index (χ4v) is 3.33. The average molecular weight is 393 g/mol. The van der Waals surface area contributed by atoms with Crippen LogP contribution in [0.4, 0.5) is 17.6 Å². The van der Waals surface area contributed by atoms with Gasteiger partial charge in [-0.05, 0) is 19.1 Å². The Morgan fingerprint density at radius 1 is 1.28 bits per heavy atom. The second-order valence-corrected chi connectivity index (χ2v) is 6.78. The number of amides is 1.